The molecule has 1 amide bonds. The Morgan fingerprint density at radius 2 is 1.90 bits per heavy atom. The summed E-state index contributed by atoms with van der Waals surface area (Å²) >= 11 is 0. The number of benzene rings is 2. The number of carboxylic acid groups (broad SMARTS) is 1. The van der Waals surface area contributed by atoms with Gasteiger partial charge in [0.1, 0.15) is 0 Å². The highest BCUT2D eigenvalue weighted by Crippen LogP contribution is 2.38. The summed E-state index contributed by atoms with van der Waals surface area (Å²) in [6.07, 6.45) is 2.41. The number of rotatable bonds is 5. The van der Waals surface area contributed by atoms with Gasteiger partial charge >= 0.3 is 5.97 Å². The Morgan fingerprint density at radius 1 is 1.24 bits per heavy atom. The molecule has 1 fully saturated rings. The van der Waals surface area contributed by atoms with Crippen LogP contribution in [0.1, 0.15) is 25.3 Å². The van der Waals surface area contributed by atoms with E-state index in [2.05, 4.69) is 0 Å². The fourth-order valence-corrected chi connectivity index (χ4v) is 2.78. The Balaban J connectivity index is 2.14. The third kappa shape index (κ3) is 2.17. The van der Waals surface area contributed by atoms with Crippen molar-refractivity contribution in [3.8, 4) is 0 Å². The normalized spacial score (nSPS) is 17.2. The summed E-state index contributed by atoms with van der Waals surface area (Å²) in [6, 6.07) is 13.4. The first kappa shape index (κ1) is 13.6. The van der Waals surface area contributed by atoms with Gasteiger partial charge in [0.2, 0.25) is 6.41 Å². The maximum Gasteiger partial charge on any atom is 0.334 e. The standard InChI is InChI=1S/C17H17NO3/c1-17(16(20)21,18(11-19)15-8-9-15)14-7-6-12-4-2-3-5-13(12)10-14/h2-7,10-11,15H,8-9H2,1H3,(H,20,21). The van der Waals surface area contributed by atoms with E-state index in [1.807, 2.05) is 36.4 Å². The molecule has 1 saturated carbocycles. The molecule has 1 atom stereocenters. The van der Waals surface area contributed by atoms with E-state index >= 15 is 0 Å². The minimum absolute atomic E-state index is 0.0371. The predicted octanol–water partition coefficient (Wildman–Crippen LogP) is 2.76. The molecule has 0 bridgehead atoms. The molecule has 0 spiro atoms. The SMILES string of the molecule is CC(C(=O)O)(c1ccc2ccccc2c1)N(C=O)C1CC1. The van der Waals surface area contributed by atoms with Crippen LogP contribution in [-0.4, -0.2) is 28.4 Å². The summed E-state index contributed by atoms with van der Waals surface area (Å²) in [7, 11) is 0. The van der Waals surface area contributed by atoms with Crippen LogP contribution in [0.2, 0.25) is 0 Å². The lowest BCUT2D eigenvalue weighted by atomic mass is 9.88. The van der Waals surface area contributed by atoms with Crippen molar-refractivity contribution in [1.29, 1.82) is 0 Å². The highest BCUT2D eigenvalue weighted by Gasteiger charge is 2.47. The molecule has 21 heavy (non-hydrogen) atoms. The van der Waals surface area contributed by atoms with E-state index in [-0.39, 0.29) is 6.04 Å². The van der Waals surface area contributed by atoms with Crippen LogP contribution < -0.4 is 0 Å². The zero-order valence-corrected chi connectivity index (χ0v) is 11.8. The molecule has 1 unspecified atom stereocenters. The summed E-state index contributed by atoms with van der Waals surface area (Å²) < 4.78 is 0. The molecule has 108 valence electrons. The number of amides is 1. The van der Waals surface area contributed by atoms with Crippen molar-refractivity contribution in [2.75, 3.05) is 0 Å². The van der Waals surface area contributed by atoms with Gasteiger partial charge in [-0.3, -0.25) is 4.79 Å². The highest BCUT2D eigenvalue weighted by molar-refractivity contribution is 5.88. The van der Waals surface area contributed by atoms with Crippen LogP contribution in [0.25, 0.3) is 10.8 Å². The quantitative estimate of drug-likeness (QED) is 0.858. The largest absolute Gasteiger partial charge is 0.479 e. The Kier molecular flexibility index (Phi) is 3.16. The average molecular weight is 283 g/mol. The maximum atomic E-state index is 11.9. The van der Waals surface area contributed by atoms with E-state index in [0.717, 1.165) is 23.6 Å². The van der Waals surface area contributed by atoms with Crippen LogP contribution in [0.15, 0.2) is 42.5 Å². The molecule has 1 N–H and O–H groups in total. The van der Waals surface area contributed by atoms with Gasteiger partial charge in [-0.05, 0) is 42.2 Å². The fourth-order valence-electron chi connectivity index (χ4n) is 2.78. The molecule has 1 aliphatic rings. The Hall–Kier alpha value is -2.36. The lowest BCUT2D eigenvalue weighted by Gasteiger charge is -2.36. The van der Waals surface area contributed by atoms with E-state index < -0.39 is 11.5 Å². The molecule has 0 aliphatic heterocycles. The lowest BCUT2D eigenvalue weighted by molar-refractivity contribution is -0.155. The number of fused-ring (bicyclic) bond motifs is 1. The molecule has 0 heterocycles. The van der Waals surface area contributed by atoms with Gasteiger partial charge in [0, 0.05) is 6.04 Å². The highest BCUT2D eigenvalue weighted by atomic mass is 16.4. The molecule has 2 aromatic rings. The van der Waals surface area contributed by atoms with Gasteiger partial charge in [0.05, 0.1) is 0 Å². The maximum absolute atomic E-state index is 11.9. The van der Waals surface area contributed by atoms with Gasteiger partial charge in [-0.2, -0.15) is 0 Å². The van der Waals surface area contributed by atoms with Crippen molar-refractivity contribution in [1.82, 2.24) is 4.90 Å². The van der Waals surface area contributed by atoms with Gasteiger partial charge in [-0.1, -0.05) is 36.4 Å². The first-order valence-corrected chi connectivity index (χ1v) is 7.04. The topological polar surface area (TPSA) is 57.6 Å². The number of carboxylic acids is 1. The number of carbonyl (C=O) groups excluding carboxylic acids is 1. The minimum atomic E-state index is -1.33. The van der Waals surface area contributed by atoms with E-state index in [0.29, 0.717) is 12.0 Å². The molecular formula is C17H17NO3. The summed E-state index contributed by atoms with van der Waals surface area (Å²) in [5.41, 5.74) is -0.694. The molecule has 0 aromatic heterocycles. The van der Waals surface area contributed by atoms with E-state index in [1.54, 1.807) is 13.0 Å². The van der Waals surface area contributed by atoms with Gasteiger partial charge < -0.3 is 10.0 Å². The zero-order valence-electron chi connectivity index (χ0n) is 11.8. The number of nitrogens with zero attached hydrogens (tertiary/aromatic N) is 1. The molecule has 2 aromatic carbocycles. The number of carbonyl (C=O) groups is 2. The predicted molar refractivity (Wildman–Crippen MR) is 79.9 cm³/mol. The van der Waals surface area contributed by atoms with Gasteiger partial charge in [0.15, 0.2) is 5.54 Å². The van der Waals surface area contributed by atoms with E-state index in [9.17, 15) is 14.7 Å². The molecule has 0 radical (unpaired) electrons. The second-order valence-corrected chi connectivity index (χ2v) is 5.68. The Labute approximate surface area is 123 Å². The van der Waals surface area contributed by atoms with Crippen LogP contribution in [0.4, 0.5) is 0 Å². The number of hydrogen-bond acceptors (Lipinski definition) is 2. The first-order chi connectivity index (χ1) is 10.1. The van der Waals surface area contributed by atoms with Crippen molar-refractivity contribution in [2.24, 2.45) is 0 Å². The summed E-state index contributed by atoms with van der Waals surface area (Å²) in [6.45, 7) is 1.60. The minimum Gasteiger partial charge on any atom is -0.479 e. The number of hydrogen-bond donors (Lipinski definition) is 1. The fraction of sp³-hybridized carbons (Fsp3) is 0.294. The average Bonchev–Trinajstić information content (AvgIpc) is 3.31. The zero-order chi connectivity index (χ0) is 15.0. The van der Waals surface area contributed by atoms with Crippen molar-refractivity contribution in [2.45, 2.75) is 31.3 Å². The molecular weight excluding hydrogens is 266 g/mol. The van der Waals surface area contributed by atoms with Crippen molar-refractivity contribution < 1.29 is 14.7 Å². The first-order valence-electron chi connectivity index (χ1n) is 7.04. The van der Waals surface area contributed by atoms with Crippen molar-refractivity contribution >= 4 is 23.2 Å². The van der Waals surface area contributed by atoms with E-state index in [4.69, 9.17) is 0 Å². The molecule has 3 rings (SSSR count). The third-order valence-corrected chi connectivity index (χ3v) is 4.30. The smallest absolute Gasteiger partial charge is 0.334 e. The molecule has 0 saturated heterocycles. The van der Waals surface area contributed by atoms with Crippen LogP contribution in [0.3, 0.4) is 0 Å². The van der Waals surface area contributed by atoms with Crippen molar-refractivity contribution in [3.05, 3.63) is 48.0 Å². The molecule has 1 aliphatic carbocycles. The monoisotopic (exact) mass is 283 g/mol. The second kappa shape index (κ2) is 4.88. The van der Waals surface area contributed by atoms with Gasteiger partial charge in [-0.15, -0.1) is 0 Å². The Morgan fingerprint density at radius 3 is 2.48 bits per heavy atom. The number of aliphatic carboxylic acids is 1. The van der Waals surface area contributed by atoms with Crippen LogP contribution in [-0.2, 0) is 15.1 Å². The molecule has 4 heteroatoms. The van der Waals surface area contributed by atoms with Crippen LogP contribution in [0, 0.1) is 0 Å². The van der Waals surface area contributed by atoms with Crippen LogP contribution in [0.5, 0.6) is 0 Å². The third-order valence-electron chi connectivity index (χ3n) is 4.30. The summed E-state index contributed by atoms with van der Waals surface area (Å²) in [5, 5.41) is 11.8. The van der Waals surface area contributed by atoms with Crippen molar-refractivity contribution in [3.63, 3.8) is 0 Å². The molecule has 4 nitrogen and oxygen atoms in total. The Bertz CT molecular complexity index is 708. The van der Waals surface area contributed by atoms with E-state index in [1.165, 1.54) is 4.90 Å². The lowest BCUT2D eigenvalue weighted by Crippen LogP contribution is -2.50. The summed E-state index contributed by atoms with van der Waals surface area (Å²) in [4.78, 5) is 24.8. The summed E-state index contributed by atoms with van der Waals surface area (Å²) in [5.74, 6) is -1.00. The van der Waals surface area contributed by atoms with Gasteiger partial charge in [-0.25, -0.2) is 4.79 Å². The second-order valence-electron chi connectivity index (χ2n) is 5.68. The van der Waals surface area contributed by atoms with Gasteiger partial charge in [0.25, 0.3) is 0 Å². The van der Waals surface area contributed by atoms with Crippen LogP contribution >= 0.6 is 0 Å².